The molecule has 5 heteroatoms. The minimum atomic E-state index is 0.248. The van der Waals surface area contributed by atoms with Gasteiger partial charge in [0.15, 0.2) is 5.96 Å². The van der Waals surface area contributed by atoms with Gasteiger partial charge in [0, 0.05) is 25.1 Å². The summed E-state index contributed by atoms with van der Waals surface area (Å²) in [5, 5.41) is 1.17. The second-order valence-corrected chi connectivity index (χ2v) is 7.11. The van der Waals surface area contributed by atoms with Crippen molar-refractivity contribution in [1.29, 1.82) is 0 Å². The molecule has 2 aromatic rings. The van der Waals surface area contributed by atoms with Gasteiger partial charge in [0.2, 0.25) is 0 Å². The SMILES string of the molecule is CN1CC2=C(N=C1N)c1ccccc1C(c1ccc(Cl)c(Cl)c1)C2. The van der Waals surface area contributed by atoms with Crippen molar-refractivity contribution in [3.8, 4) is 0 Å². The third-order valence-corrected chi connectivity index (χ3v) is 5.51. The molecule has 2 aliphatic rings. The monoisotopic (exact) mass is 357 g/mol. The number of hydrogen-bond acceptors (Lipinski definition) is 3. The quantitative estimate of drug-likeness (QED) is 0.816. The third-order valence-electron chi connectivity index (χ3n) is 4.77. The van der Waals surface area contributed by atoms with Crippen molar-refractivity contribution in [1.82, 2.24) is 4.90 Å². The summed E-state index contributed by atoms with van der Waals surface area (Å²) in [4.78, 5) is 6.62. The third kappa shape index (κ3) is 2.48. The highest BCUT2D eigenvalue weighted by Gasteiger charge is 2.30. The molecule has 0 aromatic heterocycles. The number of halogens is 2. The topological polar surface area (TPSA) is 41.6 Å². The first-order chi connectivity index (χ1) is 11.5. The zero-order valence-electron chi connectivity index (χ0n) is 13.3. The van der Waals surface area contributed by atoms with E-state index in [1.807, 2.05) is 30.1 Å². The van der Waals surface area contributed by atoms with E-state index < -0.39 is 0 Å². The lowest BCUT2D eigenvalue weighted by Crippen LogP contribution is -2.39. The molecule has 1 atom stereocenters. The minimum Gasteiger partial charge on any atom is -0.369 e. The normalized spacial score (nSPS) is 19.7. The van der Waals surface area contributed by atoms with E-state index in [-0.39, 0.29) is 5.92 Å². The summed E-state index contributed by atoms with van der Waals surface area (Å²) >= 11 is 12.3. The van der Waals surface area contributed by atoms with Crippen molar-refractivity contribution in [3.05, 3.63) is 74.8 Å². The number of nitrogens with zero attached hydrogens (tertiary/aromatic N) is 2. The predicted octanol–water partition coefficient (Wildman–Crippen LogP) is 4.50. The van der Waals surface area contributed by atoms with Crippen molar-refractivity contribution in [2.75, 3.05) is 13.6 Å². The highest BCUT2D eigenvalue weighted by molar-refractivity contribution is 6.42. The molecule has 2 aromatic carbocycles. The van der Waals surface area contributed by atoms with Crippen LogP contribution in [0.4, 0.5) is 0 Å². The number of aliphatic imine (C=N–C) groups is 1. The lowest BCUT2D eigenvalue weighted by atomic mass is 9.77. The molecule has 0 spiro atoms. The number of likely N-dealkylation sites (N-methyl/N-ethyl adjacent to an activating group) is 1. The second kappa shape index (κ2) is 5.83. The van der Waals surface area contributed by atoms with E-state index >= 15 is 0 Å². The molecule has 1 aliphatic carbocycles. The first kappa shape index (κ1) is 15.6. The van der Waals surface area contributed by atoms with E-state index in [0.29, 0.717) is 16.0 Å². The first-order valence-electron chi connectivity index (χ1n) is 7.86. The number of hydrogen-bond donors (Lipinski definition) is 1. The molecule has 0 radical (unpaired) electrons. The number of fused-ring (bicyclic) bond motifs is 2. The van der Waals surface area contributed by atoms with Crippen LogP contribution >= 0.6 is 23.2 Å². The first-order valence-corrected chi connectivity index (χ1v) is 8.61. The molecule has 0 saturated carbocycles. The van der Waals surface area contributed by atoms with Gasteiger partial charge in [0.25, 0.3) is 0 Å². The van der Waals surface area contributed by atoms with Crippen molar-refractivity contribution in [2.45, 2.75) is 12.3 Å². The summed E-state index contributed by atoms with van der Waals surface area (Å²) in [6.07, 6.45) is 0.908. The Morgan fingerprint density at radius 1 is 1.12 bits per heavy atom. The van der Waals surface area contributed by atoms with Crippen LogP contribution in [0.2, 0.25) is 10.0 Å². The molecule has 4 rings (SSSR count). The van der Waals surface area contributed by atoms with Crippen LogP contribution in [0.3, 0.4) is 0 Å². The largest absolute Gasteiger partial charge is 0.369 e. The lowest BCUT2D eigenvalue weighted by Gasteiger charge is -2.34. The molecule has 0 amide bonds. The molecule has 2 N–H and O–H groups in total. The van der Waals surface area contributed by atoms with Gasteiger partial charge in [-0.3, -0.25) is 0 Å². The summed E-state index contributed by atoms with van der Waals surface area (Å²) < 4.78 is 0. The van der Waals surface area contributed by atoms with E-state index in [9.17, 15) is 0 Å². The van der Waals surface area contributed by atoms with E-state index in [2.05, 4.69) is 29.3 Å². The number of benzene rings is 2. The Kier molecular flexibility index (Phi) is 3.78. The lowest BCUT2D eigenvalue weighted by molar-refractivity contribution is 0.517. The molecule has 1 heterocycles. The standard InChI is InChI=1S/C19H17Cl2N3/c1-24-10-12-8-15(11-6-7-16(20)17(21)9-11)13-4-2-3-5-14(13)18(12)23-19(24)22/h2-7,9,15H,8,10H2,1H3,(H2,22,23). The maximum absolute atomic E-state index is 6.25. The smallest absolute Gasteiger partial charge is 0.196 e. The number of rotatable bonds is 1. The summed E-state index contributed by atoms with van der Waals surface area (Å²) in [6, 6.07) is 14.3. The van der Waals surface area contributed by atoms with Gasteiger partial charge in [-0.1, -0.05) is 53.5 Å². The average molecular weight is 358 g/mol. The molecule has 122 valence electrons. The maximum Gasteiger partial charge on any atom is 0.196 e. The van der Waals surface area contributed by atoms with Gasteiger partial charge in [-0.05, 0) is 35.3 Å². The Morgan fingerprint density at radius 3 is 2.71 bits per heavy atom. The molecular weight excluding hydrogens is 341 g/mol. The molecule has 0 fully saturated rings. The van der Waals surface area contributed by atoms with Crippen LogP contribution in [0, 0.1) is 0 Å². The van der Waals surface area contributed by atoms with Crippen molar-refractivity contribution >= 4 is 34.9 Å². The van der Waals surface area contributed by atoms with E-state index in [0.717, 1.165) is 24.2 Å². The van der Waals surface area contributed by atoms with E-state index in [4.69, 9.17) is 28.9 Å². The van der Waals surface area contributed by atoms with Crippen LogP contribution in [0.15, 0.2) is 53.0 Å². The fraction of sp³-hybridized carbons (Fsp3) is 0.211. The summed E-state index contributed by atoms with van der Waals surface area (Å²) in [5.74, 6) is 0.814. The number of nitrogens with two attached hydrogens (primary N) is 1. The minimum absolute atomic E-state index is 0.248. The van der Waals surface area contributed by atoms with Crippen LogP contribution in [0.25, 0.3) is 5.70 Å². The van der Waals surface area contributed by atoms with Crippen molar-refractivity contribution in [3.63, 3.8) is 0 Å². The summed E-state index contributed by atoms with van der Waals surface area (Å²) in [6.45, 7) is 0.802. The van der Waals surface area contributed by atoms with Crippen molar-refractivity contribution < 1.29 is 0 Å². The van der Waals surface area contributed by atoms with Gasteiger partial charge < -0.3 is 10.6 Å². The fourth-order valence-corrected chi connectivity index (χ4v) is 3.84. The Labute approximate surface area is 151 Å². The van der Waals surface area contributed by atoms with E-state index in [1.54, 1.807) is 0 Å². The van der Waals surface area contributed by atoms with Crippen LogP contribution in [-0.2, 0) is 0 Å². The van der Waals surface area contributed by atoms with Gasteiger partial charge >= 0.3 is 0 Å². The molecule has 0 saturated heterocycles. The number of guanidine groups is 1. The molecule has 3 nitrogen and oxygen atoms in total. The fourth-order valence-electron chi connectivity index (χ4n) is 3.53. The van der Waals surface area contributed by atoms with Gasteiger partial charge in [-0.25, -0.2) is 4.99 Å². The summed E-state index contributed by atoms with van der Waals surface area (Å²) in [7, 11) is 1.97. The van der Waals surface area contributed by atoms with Gasteiger partial charge in [0.1, 0.15) is 0 Å². The average Bonchev–Trinajstić information content (AvgIpc) is 2.58. The Balaban J connectivity index is 1.86. The Hall–Kier alpha value is -1.97. The second-order valence-electron chi connectivity index (χ2n) is 6.30. The maximum atomic E-state index is 6.25. The van der Waals surface area contributed by atoms with E-state index in [1.165, 1.54) is 16.7 Å². The van der Waals surface area contributed by atoms with Gasteiger partial charge in [-0.2, -0.15) is 0 Å². The Bertz CT molecular complexity index is 886. The molecule has 0 bridgehead atoms. The molecule has 1 unspecified atom stereocenters. The van der Waals surface area contributed by atoms with Gasteiger partial charge in [0.05, 0.1) is 15.7 Å². The predicted molar refractivity (Wildman–Crippen MR) is 101 cm³/mol. The molecular formula is C19H17Cl2N3. The zero-order chi connectivity index (χ0) is 16.8. The molecule has 24 heavy (non-hydrogen) atoms. The highest BCUT2D eigenvalue weighted by Crippen LogP contribution is 2.44. The van der Waals surface area contributed by atoms with Crippen LogP contribution in [0.5, 0.6) is 0 Å². The molecule has 1 aliphatic heterocycles. The van der Waals surface area contributed by atoms with Crippen LogP contribution in [0.1, 0.15) is 29.0 Å². The van der Waals surface area contributed by atoms with Gasteiger partial charge in [-0.15, -0.1) is 0 Å². The van der Waals surface area contributed by atoms with Crippen LogP contribution in [-0.4, -0.2) is 24.5 Å². The highest BCUT2D eigenvalue weighted by atomic mass is 35.5. The van der Waals surface area contributed by atoms with Crippen molar-refractivity contribution in [2.24, 2.45) is 10.7 Å². The Morgan fingerprint density at radius 2 is 1.92 bits per heavy atom. The zero-order valence-corrected chi connectivity index (χ0v) is 14.8. The van der Waals surface area contributed by atoms with Crippen LogP contribution < -0.4 is 5.73 Å². The summed E-state index contributed by atoms with van der Waals surface area (Å²) in [5.41, 5.74) is 12.0.